The van der Waals surface area contributed by atoms with E-state index in [2.05, 4.69) is 26.6 Å². The summed E-state index contributed by atoms with van der Waals surface area (Å²) in [5.41, 5.74) is 0.0538. The fourth-order valence-electron chi connectivity index (χ4n) is 2.49. The van der Waals surface area contributed by atoms with E-state index in [1.807, 2.05) is 26.8 Å². The predicted molar refractivity (Wildman–Crippen MR) is 102 cm³/mol. The summed E-state index contributed by atoms with van der Waals surface area (Å²) in [4.78, 5) is 25.9. The highest BCUT2D eigenvalue weighted by atomic mass is 79.9. The molecule has 6 nitrogen and oxygen atoms in total. The van der Waals surface area contributed by atoms with Crippen molar-refractivity contribution < 1.29 is 14.3 Å². The summed E-state index contributed by atoms with van der Waals surface area (Å²) in [7, 11) is 0. The van der Waals surface area contributed by atoms with Crippen LogP contribution in [0.2, 0.25) is 5.02 Å². The van der Waals surface area contributed by atoms with Crippen LogP contribution in [0.3, 0.4) is 0 Å². The van der Waals surface area contributed by atoms with Crippen molar-refractivity contribution in [2.24, 2.45) is 0 Å². The minimum absolute atomic E-state index is 0.00942. The lowest BCUT2D eigenvalue weighted by molar-refractivity contribution is 0.0486. The summed E-state index contributed by atoms with van der Waals surface area (Å²) in [5.74, 6) is 0. The Labute approximate surface area is 161 Å². The van der Waals surface area contributed by atoms with Crippen molar-refractivity contribution in [3.8, 4) is 0 Å². The molecule has 2 rings (SSSR count). The number of urea groups is 1. The number of amides is 3. The van der Waals surface area contributed by atoms with Gasteiger partial charge in [0.1, 0.15) is 5.60 Å². The first-order chi connectivity index (χ1) is 11.6. The van der Waals surface area contributed by atoms with Gasteiger partial charge in [-0.25, -0.2) is 9.59 Å². The summed E-state index contributed by atoms with van der Waals surface area (Å²) in [6.45, 7) is 6.59. The highest BCUT2D eigenvalue weighted by Gasteiger charge is 2.26. The molecule has 0 saturated carbocycles. The largest absolute Gasteiger partial charge is 0.444 e. The van der Waals surface area contributed by atoms with Gasteiger partial charge in [-0.3, -0.25) is 0 Å². The third-order valence-corrected chi connectivity index (χ3v) is 4.48. The maximum atomic E-state index is 12.4. The third kappa shape index (κ3) is 6.40. The molecule has 0 aromatic heterocycles. The molecule has 0 atom stereocenters. The molecular formula is C17H23BrClN3O3. The van der Waals surface area contributed by atoms with E-state index in [0.717, 1.165) is 4.47 Å². The predicted octanol–water partition coefficient (Wildman–Crippen LogP) is 4.62. The summed E-state index contributed by atoms with van der Waals surface area (Å²) in [6.07, 6.45) is 0.943. The molecule has 0 aliphatic carbocycles. The van der Waals surface area contributed by atoms with Gasteiger partial charge < -0.3 is 20.3 Å². The molecule has 1 saturated heterocycles. The molecule has 0 unspecified atom stereocenters. The van der Waals surface area contributed by atoms with Crippen LogP contribution in [0.25, 0.3) is 0 Å². The second kappa shape index (κ2) is 8.27. The number of likely N-dealkylation sites (tertiary alicyclic amines) is 1. The zero-order valence-corrected chi connectivity index (χ0v) is 16.9. The number of carbonyl (C=O) groups excluding carboxylic acids is 2. The number of nitrogens with one attached hydrogen (secondary N) is 2. The van der Waals surface area contributed by atoms with E-state index in [-0.39, 0.29) is 12.1 Å². The number of halogens is 2. The summed E-state index contributed by atoms with van der Waals surface area (Å²) in [6, 6.07) is 5.11. The topological polar surface area (TPSA) is 70.7 Å². The molecule has 0 bridgehead atoms. The lowest BCUT2D eigenvalue weighted by Crippen LogP contribution is -2.48. The van der Waals surface area contributed by atoms with Crippen LogP contribution in [0.5, 0.6) is 0 Å². The number of anilines is 1. The SMILES string of the molecule is CC(C)(C)OC(=O)NC1CCN(C(=O)Nc2ccc(Br)cc2Cl)CC1. The van der Waals surface area contributed by atoms with Crippen molar-refractivity contribution in [2.75, 3.05) is 18.4 Å². The van der Waals surface area contributed by atoms with Gasteiger partial charge in [-0.2, -0.15) is 0 Å². The number of rotatable bonds is 2. The molecule has 1 aliphatic rings. The monoisotopic (exact) mass is 431 g/mol. The molecule has 1 aromatic rings. The molecule has 0 spiro atoms. The Hall–Kier alpha value is -1.47. The molecule has 25 heavy (non-hydrogen) atoms. The van der Waals surface area contributed by atoms with E-state index in [1.54, 1.807) is 17.0 Å². The fraction of sp³-hybridized carbons (Fsp3) is 0.529. The van der Waals surface area contributed by atoms with Crippen LogP contribution >= 0.6 is 27.5 Å². The van der Waals surface area contributed by atoms with Crippen LogP contribution < -0.4 is 10.6 Å². The number of piperidine rings is 1. The van der Waals surface area contributed by atoms with Crippen LogP contribution in [0.4, 0.5) is 15.3 Å². The van der Waals surface area contributed by atoms with E-state index in [9.17, 15) is 9.59 Å². The van der Waals surface area contributed by atoms with Crippen molar-refractivity contribution >= 4 is 45.3 Å². The van der Waals surface area contributed by atoms with E-state index in [4.69, 9.17) is 16.3 Å². The summed E-state index contributed by atoms with van der Waals surface area (Å²) in [5, 5.41) is 6.15. The number of nitrogens with zero attached hydrogens (tertiary/aromatic N) is 1. The molecule has 8 heteroatoms. The molecule has 1 aliphatic heterocycles. The molecular weight excluding hydrogens is 410 g/mol. The number of benzene rings is 1. The van der Waals surface area contributed by atoms with Gasteiger partial charge in [0.15, 0.2) is 0 Å². The fourth-order valence-corrected chi connectivity index (χ4v) is 3.21. The Morgan fingerprint density at radius 1 is 1.28 bits per heavy atom. The first-order valence-corrected chi connectivity index (χ1v) is 9.31. The van der Waals surface area contributed by atoms with Gasteiger partial charge in [0.2, 0.25) is 0 Å². The Morgan fingerprint density at radius 3 is 2.48 bits per heavy atom. The van der Waals surface area contributed by atoms with Crippen molar-refractivity contribution in [1.82, 2.24) is 10.2 Å². The number of carbonyl (C=O) groups is 2. The van der Waals surface area contributed by atoms with Crippen LogP contribution in [-0.4, -0.2) is 41.8 Å². The lowest BCUT2D eigenvalue weighted by atomic mass is 10.1. The molecule has 0 radical (unpaired) electrons. The van der Waals surface area contributed by atoms with Gasteiger partial charge in [0.25, 0.3) is 0 Å². The van der Waals surface area contributed by atoms with Crippen molar-refractivity contribution in [3.05, 3.63) is 27.7 Å². The average Bonchev–Trinajstić information content (AvgIpc) is 2.48. The van der Waals surface area contributed by atoms with E-state index >= 15 is 0 Å². The highest BCUT2D eigenvalue weighted by molar-refractivity contribution is 9.10. The van der Waals surface area contributed by atoms with E-state index in [1.165, 1.54) is 0 Å². The minimum Gasteiger partial charge on any atom is -0.444 e. The molecule has 1 heterocycles. The number of hydrogen-bond donors (Lipinski definition) is 2. The summed E-state index contributed by atoms with van der Waals surface area (Å²) < 4.78 is 6.11. The Kier molecular flexibility index (Phi) is 6.57. The van der Waals surface area contributed by atoms with E-state index < -0.39 is 11.7 Å². The average molecular weight is 433 g/mol. The molecule has 138 valence electrons. The summed E-state index contributed by atoms with van der Waals surface area (Å²) >= 11 is 9.45. The third-order valence-electron chi connectivity index (χ3n) is 3.68. The van der Waals surface area contributed by atoms with Gasteiger partial charge in [-0.1, -0.05) is 27.5 Å². The molecule has 3 amide bonds. The first kappa shape index (κ1) is 19.8. The second-order valence-corrected chi connectivity index (χ2v) is 8.28. The van der Waals surface area contributed by atoms with Gasteiger partial charge in [-0.15, -0.1) is 0 Å². The number of alkyl carbamates (subject to hydrolysis) is 1. The van der Waals surface area contributed by atoms with E-state index in [0.29, 0.717) is 36.6 Å². The minimum atomic E-state index is -0.519. The second-order valence-electron chi connectivity index (χ2n) is 6.96. The smallest absolute Gasteiger partial charge is 0.407 e. The quantitative estimate of drug-likeness (QED) is 0.716. The van der Waals surface area contributed by atoms with Crippen molar-refractivity contribution in [1.29, 1.82) is 0 Å². The zero-order chi connectivity index (χ0) is 18.6. The maximum Gasteiger partial charge on any atom is 0.407 e. The van der Waals surface area contributed by atoms with Crippen LogP contribution in [0.15, 0.2) is 22.7 Å². The van der Waals surface area contributed by atoms with Gasteiger partial charge in [-0.05, 0) is 51.8 Å². The van der Waals surface area contributed by atoms with Gasteiger partial charge >= 0.3 is 12.1 Å². The van der Waals surface area contributed by atoms with Crippen LogP contribution in [0, 0.1) is 0 Å². The number of ether oxygens (including phenoxy) is 1. The Bertz CT molecular complexity index is 641. The lowest BCUT2D eigenvalue weighted by Gasteiger charge is -2.32. The Morgan fingerprint density at radius 2 is 1.92 bits per heavy atom. The normalized spacial score (nSPS) is 15.6. The standard InChI is InChI=1S/C17H23BrClN3O3/c1-17(2,3)25-16(24)20-12-6-8-22(9-7-12)15(23)21-14-5-4-11(18)10-13(14)19/h4-5,10,12H,6-9H2,1-3H3,(H,20,24)(H,21,23). The molecule has 1 fully saturated rings. The molecule has 1 aromatic carbocycles. The van der Waals surface area contributed by atoms with Gasteiger partial charge in [0, 0.05) is 23.6 Å². The van der Waals surface area contributed by atoms with Crippen LogP contribution in [0.1, 0.15) is 33.6 Å². The zero-order valence-electron chi connectivity index (χ0n) is 14.6. The van der Waals surface area contributed by atoms with Crippen LogP contribution in [-0.2, 0) is 4.74 Å². The maximum absolute atomic E-state index is 12.4. The van der Waals surface area contributed by atoms with Gasteiger partial charge in [0.05, 0.1) is 10.7 Å². The highest BCUT2D eigenvalue weighted by Crippen LogP contribution is 2.26. The first-order valence-electron chi connectivity index (χ1n) is 8.14. The number of hydrogen-bond acceptors (Lipinski definition) is 3. The Balaban J connectivity index is 1.81. The molecule has 2 N–H and O–H groups in total. The van der Waals surface area contributed by atoms with Crippen molar-refractivity contribution in [3.63, 3.8) is 0 Å². The van der Waals surface area contributed by atoms with Crippen molar-refractivity contribution in [2.45, 2.75) is 45.3 Å².